The van der Waals surface area contributed by atoms with E-state index in [1.54, 1.807) is 31.4 Å². The van der Waals surface area contributed by atoms with Gasteiger partial charge < -0.3 is 15.6 Å². The van der Waals surface area contributed by atoms with Crippen molar-refractivity contribution in [3.63, 3.8) is 0 Å². The number of hydrogen-bond acceptors (Lipinski definition) is 5. The lowest BCUT2D eigenvalue weighted by Gasteiger charge is -2.26. The summed E-state index contributed by atoms with van der Waals surface area (Å²) in [6, 6.07) is 15.0. The Labute approximate surface area is 190 Å². The van der Waals surface area contributed by atoms with Crippen LogP contribution >= 0.6 is 11.6 Å². The van der Waals surface area contributed by atoms with E-state index in [1.165, 1.54) is 6.20 Å². The molecule has 7 nitrogen and oxygen atoms in total. The fraction of sp³-hybridized carbons (Fsp3) is 0.167. The minimum absolute atomic E-state index is 0.178. The van der Waals surface area contributed by atoms with Crippen molar-refractivity contribution in [3.8, 4) is 0 Å². The minimum Gasteiger partial charge on any atom is -0.388 e. The van der Waals surface area contributed by atoms with Crippen LogP contribution in [0.25, 0.3) is 11.2 Å². The van der Waals surface area contributed by atoms with Crippen LogP contribution in [-0.2, 0) is 5.54 Å². The Morgan fingerprint density at radius 1 is 1.12 bits per heavy atom. The van der Waals surface area contributed by atoms with Crippen LogP contribution in [0.5, 0.6) is 0 Å². The molecule has 4 aromatic rings. The predicted molar refractivity (Wildman–Crippen MR) is 128 cm³/mol. The number of halogens is 1. The van der Waals surface area contributed by atoms with Gasteiger partial charge >= 0.3 is 0 Å². The molecule has 4 rings (SSSR count). The summed E-state index contributed by atoms with van der Waals surface area (Å²) < 4.78 is 0. The third kappa shape index (κ3) is 4.07. The van der Waals surface area contributed by atoms with Crippen molar-refractivity contribution < 1.29 is 4.79 Å². The molecule has 0 aliphatic rings. The number of carbonyl (C=O) groups excluding carboxylic acids is 1. The first-order valence-electron chi connectivity index (χ1n) is 10.1. The molecule has 2 aromatic carbocycles. The molecule has 4 N–H and O–H groups in total. The number of rotatable bonds is 6. The van der Waals surface area contributed by atoms with Crippen LogP contribution in [0, 0.1) is 5.41 Å². The normalized spacial score (nSPS) is 11.4. The third-order valence-corrected chi connectivity index (χ3v) is 5.56. The van der Waals surface area contributed by atoms with E-state index in [9.17, 15) is 4.79 Å². The van der Waals surface area contributed by atoms with Gasteiger partial charge in [0.25, 0.3) is 5.91 Å². The van der Waals surface area contributed by atoms with Gasteiger partial charge in [0.05, 0.1) is 23.0 Å². The van der Waals surface area contributed by atoms with Crippen molar-refractivity contribution in [1.82, 2.24) is 20.3 Å². The molecule has 8 heteroatoms. The van der Waals surface area contributed by atoms with E-state index >= 15 is 0 Å². The van der Waals surface area contributed by atoms with Crippen LogP contribution < -0.4 is 10.6 Å². The zero-order valence-electron chi connectivity index (χ0n) is 18.0. The van der Waals surface area contributed by atoms with Gasteiger partial charge in [-0.1, -0.05) is 41.9 Å². The van der Waals surface area contributed by atoms with Crippen molar-refractivity contribution in [2.24, 2.45) is 0 Å². The molecule has 0 saturated carbocycles. The third-order valence-electron chi connectivity index (χ3n) is 5.32. The van der Waals surface area contributed by atoms with Gasteiger partial charge in [0, 0.05) is 29.5 Å². The molecule has 0 bridgehead atoms. The highest BCUT2D eigenvalue weighted by atomic mass is 35.5. The number of nitrogens with one attached hydrogen (secondary N) is 4. The molecule has 32 heavy (non-hydrogen) atoms. The molecule has 0 unspecified atom stereocenters. The quantitative estimate of drug-likeness (QED) is 0.321. The fourth-order valence-electron chi connectivity index (χ4n) is 3.54. The molecule has 0 aliphatic carbocycles. The van der Waals surface area contributed by atoms with Gasteiger partial charge in [0.1, 0.15) is 11.2 Å². The highest BCUT2D eigenvalue weighted by molar-refractivity contribution is 6.31. The van der Waals surface area contributed by atoms with E-state index in [1.807, 2.05) is 44.2 Å². The maximum absolute atomic E-state index is 13.1. The van der Waals surface area contributed by atoms with E-state index in [-0.39, 0.29) is 11.6 Å². The zero-order valence-corrected chi connectivity index (χ0v) is 18.7. The number of amides is 1. The summed E-state index contributed by atoms with van der Waals surface area (Å²) in [7, 11) is 1.76. The van der Waals surface area contributed by atoms with Crippen LogP contribution in [0.2, 0.25) is 5.02 Å². The number of hydrogen-bond donors (Lipinski definition) is 4. The molecule has 0 spiro atoms. The second-order valence-corrected chi connectivity index (χ2v) is 8.35. The molecular formula is C24H23ClN6O. The molecule has 0 fully saturated rings. The smallest absolute Gasteiger partial charge is 0.255 e. The van der Waals surface area contributed by atoms with Crippen molar-refractivity contribution in [2.75, 3.05) is 12.4 Å². The molecular weight excluding hydrogens is 424 g/mol. The average molecular weight is 447 g/mol. The Hall–Kier alpha value is -3.71. The molecule has 0 saturated heterocycles. The van der Waals surface area contributed by atoms with Gasteiger partial charge in [0.15, 0.2) is 5.65 Å². The summed E-state index contributed by atoms with van der Waals surface area (Å²) >= 11 is 6.08. The highest BCUT2D eigenvalue weighted by Crippen LogP contribution is 2.25. The lowest BCUT2D eigenvalue weighted by atomic mass is 9.94. The first-order chi connectivity index (χ1) is 15.3. The lowest BCUT2D eigenvalue weighted by Crippen LogP contribution is -2.40. The standard InChI is InChI=1S/C24H23ClN6O/c1-24(2,14-7-5-4-6-8-14)31-23(32)17-12-28-22-21(17)30-19(13-29-22)20(26)16-10-9-15(25)11-18(16)27-3/h4-13,26-27H,1-3H3,(H,28,29)(H,31,32). The van der Waals surface area contributed by atoms with Crippen molar-refractivity contribution >= 4 is 40.1 Å². The molecule has 162 valence electrons. The summed E-state index contributed by atoms with van der Waals surface area (Å²) in [4.78, 5) is 25.1. The van der Waals surface area contributed by atoms with Crippen LogP contribution in [-0.4, -0.2) is 33.6 Å². The van der Waals surface area contributed by atoms with E-state index in [0.717, 1.165) is 5.56 Å². The number of fused-ring (bicyclic) bond motifs is 1. The minimum atomic E-state index is -0.579. The molecule has 0 aliphatic heterocycles. The summed E-state index contributed by atoms with van der Waals surface area (Å²) in [5.41, 5.74) is 3.55. The van der Waals surface area contributed by atoms with Gasteiger partial charge in [-0.2, -0.15) is 0 Å². The zero-order chi connectivity index (χ0) is 22.9. The monoisotopic (exact) mass is 446 g/mol. The van der Waals surface area contributed by atoms with Gasteiger partial charge in [0.2, 0.25) is 0 Å². The molecule has 2 aromatic heterocycles. The first-order valence-corrected chi connectivity index (χ1v) is 10.5. The van der Waals surface area contributed by atoms with Gasteiger partial charge in [-0.05, 0) is 37.6 Å². The van der Waals surface area contributed by atoms with Crippen LogP contribution in [0.15, 0.2) is 60.9 Å². The summed E-state index contributed by atoms with van der Waals surface area (Å²) in [6.07, 6.45) is 3.11. The Kier molecular flexibility index (Phi) is 5.67. The Morgan fingerprint density at radius 2 is 1.88 bits per heavy atom. The van der Waals surface area contributed by atoms with Crippen molar-refractivity contribution in [3.05, 3.63) is 88.3 Å². The molecule has 0 radical (unpaired) electrons. The van der Waals surface area contributed by atoms with Gasteiger partial charge in [-0.3, -0.25) is 10.2 Å². The summed E-state index contributed by atoms with van der Waals surface area (Å²) in [6.45, 7) is 3.89. The van der Waals surface area contributed by atoms with Crippen molar-refractivity contribution in [2.45, 2.75) is 19.4 Å². The molecule has 2 heterocycles. The van der Waals surface area contributed by atoms with Crippen LogP contribution in [0.1, 0.15) is 41.0 Å². The number of H-pyrrole nitrogens is 1. The number of aromatic amines is 1. The van der Waals surface area contributed by atoms with Gasteiger partial charge in [-0.15, -0.1) is 0 Å². The Morgan fingerprint density at radius 3 is 2.59 bits per heavy atom. The number of nitrogens with zero attached hydrogens (tertiary/aromatic N) is 2. The molecule has 0 atom stereocenters. The second-order valence-electron chi connectivity index (χ2n) is 7.91. The first kappa shape index (κ1) is 21.5. The Bertz CT molecular complexity index is 1310. The van der Waals surface area contributed by atoms with Gasteiger partial charge in [-0.25, -0.2) is 9.97 Å². The van der Waals surface area contributed by atoms with E-state index in [0.29, 0.717) is 38.7 Å². The fourth-order valence-corrected chi connectivity index (χ4v) is 3.71. The second kappa shape index (κ2) is 8.43. The maximum Gasteiger partial charge on any atom is 0.255 e. The summed E-state index contributed by atoms with van der Waals surface area (Å²) in [5, 5.41) is 15.3. The van der Waals surface area contributed by atoms with Crippen LogP contribution in [0.3, 0.4) is 0 Å². The Balaban J connectivity index is 1.67. The van der Waals surface area contributed by atoms with Crippen molar-refractivity contribution in [1.29, 1.82) is 5.41 Å². The maximum atomic E-state index is 13.1. The van der Waals surface area contributed by atoms with E-state index in [4.69, 9.17) is 17.0 Å². The number of carbonyl (C=O) groups is 1. The average Bonchev–Trinajstić information content (AvgIpc) is 3.22. The number of aromatic nitrogens is 3. The predicted octanol–water partition coefficient (Wildman–Crippen LogP) is 4.73. The van der Waals surface area contributed by atoms with Crippen LogP contribution in [0.4, 0.5) is 5.69 Å². The van der Waals surface area contributed by atoms with E-state index in [2.05, 4.69) is 25.6 Å². The van der Waals surface area contributed by atoms with E-state index < -0.39 is 5.54 Å². The summed E-state index contributed by atoms with van der Waals surface area (Å²) in [5.74, 6) is -0.273. The number of benzene rings is 2. The largest absolute Gasteiger partial charge is 0.388 e. The SMILES string of the molecule is CNc1cc(Cl)ccc1C(=N)c1cnc2[nH]cc(C(=O)NC(C)(C)c3ccccc3)c2n1. The lowest BCUT2D eigenvalue weighted by molar-refractivity contribution is 0.0913. The number of anilines is 1. The topological polar surface area (TPSA) is 107 Å². The molecule has 1 amide bonds. The highest BCUT2D eigenvalue weighted by Gasteiger charge is 2.25.